The van der Waals surface area contributed by atoms with E-state index in [9.17, 15) is 4.79 Å². The Balaban J connectivity index is 1.91. The summed E-state index contributed by atoms with van der Waals surface area (Å²) in [6.07, 6.45) is -0.979. The van der Waals surface area contributed by atoms with E-state index >= 15 is 0 Å². The van der Waals surface area contributed by atoms with Crippen LogP contribution in [0.3, 0.4) is 0 Å². The van der Waals surface area contributed by atoms with Crippen molar-refractivity contribution in [2.75, 3.05) is 41.7 Å². The molecule has 1 aliphatic rings. The Morgan fingerprint density at radius 3 is 1.97 bits per heavy atom. The number of benzene rings is 2. The molecule has 1 aliphatic heterocycles. The highest BCUT2D eigenvalue weighted by molar-refractivity contribution is 9.10. The lowest BCUT2D eigenvalue weighted by atomic mass is 10.0. The van der Waals surface area contributed by atoms with E-state index in [1.165, 1.54) is 21.3 Å². The average Bonchev–Trinajstić information content (AvgIpc) is 3.55. The van der Waals surface area contributed by atoms with Crippen LogP contribution in [0.2, 0.25) is 0 Å². The van der Waals surface area contributed by atoms with Crippen LogP contribution in [0.1, 0.15) is 22.0 Å². The molecule has 2 atom stereocenters. The van der Waals surface area contributed by atoms with E-state index in [2.05, 4.69) is 15.9 Å². The minimum atomic E-state index is -0.647. The summed E-state index contributed by atoms with van der Waals surface area (Å²) in [5.74, 6) is 0.656. The first-order valence-electron chi connectivity index (χ1n) is 9.07. The molecule has 2 aromatic rings. The number of rotatable bonds is 12. The van der Waals surface area contributed by atoms with E-state index < -0.39 is 6.10 Å². The summed E-state index contributed by atoms with van der Waals surface area (Å²) in [6.45, 7) is -0.0864. The predicted octanol–water partition coefficient (Wildman–Crippen LogP) is 3.72. The zero-order valence-corrected chi connectivity index (χ0v) is 18.5. The van der Waals surface area contributed by atoms with Crippen molar-refractivity contribution in [1.29, 1.82) is 0 Å². The molecule has 162 valence electrons. The molecular formula is C21H23BrO8. The van der Waals surface area contributed by atoms with Crippen LogP contribution in [0.4, 0.5) is 0 Å². The number of hydrogen-bond acceptors (Lipinski definition) is 8. The van der Waals surface area contributed by atoms with E-state index in [0.717, 1.165) is 10.0 Å². The van der Waals surface area contributed by atoms with E-state index in [1.54, 1.807) is 12.1 Å². The van der Waals surface area contributed by atoms with Gasteiger partial charge in [0.15, 0.2) is 26.5 Å². The second kappa shape index (κ2) is 10.7. The van der Waals surface area contributed by atoms with Crippen molar-refractivity contribution in [3.05, 3.63) is 52.0 Å². The minimum Gasteiger partial charge on any atom is -0.467 e. The van der Waals surface area contributed by atoms with Gasteiger partial charge in [0.2, 0.25) is 5.78 Å². The fourth-order valence-corrected chi connectivity index (χ4v) is 3.12. The van der Waals surface area contributed by atoms with Gasteiger partial charge in [-0.05, 0) is 17.7 Å². The van der Waals surface area contributed by atoms with Crippen molar-refractivity contribution in [3.63, 3.8) is 0 Å². The van der Waals surface area contributed by atoms with E-state index in [-0.39, 0.29) is 49.3 Å². The summed E-state index contributed by atoms with van der Waals surface area (Å²) < 4.78 is 38.3. The fourth-order valence-electron chi connectivity index (χ4n) is 2.85. The highest BCUT2D eigenvalue weighted by Crippen LogP contribution is 2.45. The Bertz CT molecular complexity index is 826. The lowest BCUT2D eigenvalue weighted by molar-refractivity contribution is 0.0397. The van der Waals surface area contributed by atoms with Gasteiger partial charge in [0.25, 0.3) is 0 Å². The summed E-state index contributed by atoms with van der Waals surface area (Å²) in [6, 6.07) is 10.8. The molecule has 9 heteroatoms. The van der Waals surface area contributed by atoms with Gasteiger partial charge >= 0.3 is 0 Å². The first kappa shape index (κ1) is 22.5. The third kappa shape index (κ3) is 5.50. The number of ether oxygens (including phenoxy) is 7. The summed E-state index contributed by atoms with van der Waals surface area (Å²) in [5.41, 5.74) is 1.15. The van der Waals surface area contributed by atoms with Gasteiger partial charge in [-0.25, -0.2) is 0 Å². The second-order valence-corrected chi connectivity index (χ2v) is 7.26. The monoisotopic (exact) mass is 482 g/mol. The van der Waals surface area contributed by atoms with Crippen molar-refractivity contribution in [2.24, 2.45) is 0 Å². The molecule has 30 heavy (non-hydrogen) atoms. The molecule has 8 nitrogen and oxygen atoms in total. The van der Waals surface area contributed by atoms with Gasteiger partial charge in [-0.2, -0.15) is 0 Å². The van der Waals surface area contributed by atoms with Crippen LogP contribution in [0.5, 0.6) is 17.2 Å². The molecule has 0 radical (unpaired) electrons. The molecule has 0 saturated carbocycles. The Labute approximate surface area is 183 Å². The van der Waals surface area contributed by atoms with Crippen molar-refractivity contribution < 1.29 is 38.0 Å². The summed E-state index contributed by atoms with van der Waals surface area (Å²) in [4.78, 5) is 13.3. The van der Waals surface area contributed by atoms with Gasteiger partial charge in [-0.15, -0.1) is 0 Å². The van der Waals surface area contributed by atoms with Crippen LogP contribution in [-0.2, 0) is 18.9 Å². The van der Waals surface area contributed by atoms with Crippen molar-refractivity contribution in [3.8, 4) is 17.2 Å². The Kier molecular flexibility index (Phi) is 8.06. The maximum absolute atomic E-state index is 13.3. The smallest absolute Gasteiger partial charge is 0.202 e. The molecule has 2 aromatic carbocycles. The molecule has 0 spiro atoms. The average molecular weight is 483 g/mol. The SMILES string of the molecule is COCOc1cc(OCOC)c(C(=O)[C@H]2O[C@@H]2c2ccc(Br)cc2)c(OCOC)c1. The van der Waals surface area contributed by atoms with Crippen LogP contribution in [-0.4, -0.2) is 53.6 Å². The predicted molar refractivity (Wildman–Crippen MR) is 110 cm³/mol. The number of methoxy groups -OCH3 is 3. The number of carbonyl (C=O) groups excluding carboxylic acids is 1. The van der Waals surface area contributed by atoms with E-state index in [4.69, 9.17) is 33.2 Å². The molecule has 0 aliphatic carbocycles. The first-order chi connectivity index (χ1) is 14.6. The largest absolute Gasteiger partial charge is 0.467 e. The number of carbonyl (C=O) groups is 1. The van der Waals surface area contributed by atoms with Gasteiger partial charge in [-0.3, -0.25) is 4.79 Å². The molecule has 0 amide bonds. The lowest BCUT2D eigenvalue weighted by Crippen LogP contribution is -2.15. The zero-order valence-electron chi connectivity index (χ0n) is 16.9. The molecule has 1 saturated heterocycles. The summed E-state index contributed by atoms with van der Waals surface area (Å²) in [5, 5.41) is 0. The van der Waals surface area contributed by atoms with Gasteiger partial charge in [-0.1, -0.05) is 28.1 Å². The molecule has 1 heterocycles. The lowest BCUT2D eigenvalue weighted by Gasteiger charge is -2.17. The normalized spacial score (nSPS) is 17.5. The topological polar surface area (TPSA) is 85.0 Å². The molecule has 0 N–H and O–H groups in total. The number of halogens is 1. The van der Waals surface area contributed by atoms with E-state index in [0.29, 0.717) is 5.75 Å². The second-order valence-electron chi connectivity index (χ2n) is 6.34. The highest BCUT2D eigenvalue weighted by Gasteiger charge is 2.48. The third-order valence-corrected chi connectivity index (χ3v) is 4.77. The quantitative estimate of drug-likeness (QED) is 0.257. The third-order valence-electron chi connectivity index (χ3n) is 4.24. The standard InChI is InChI=1S/C21H23BrO8/c1-24-10-27-15-8-16(28-11-25-2)18(17(9-15)29-12-26-3)19(23)21-20(30-21)13-4-6-14(22)7-5-13/h4-9,20-21H,10-12H2,1-3H3/t20-,21-/m1/s1. The molecule has 0 bridgehead atoms. The van der Waals surface area contributed by atoms with Gasteiger partial charge in [0.05, 0.1) is 0 Å². The van der Waals surface area contributed by atoms with Crippen LogP contribution >= 0.6 is 15.9 Å². The zero-order chi connectivity index (χ0) is 21.5. The van der Waals surface area contributed by atoms with Gasteiger partial charge < -0.3 is 33.2 Å². The van der Waals surface area contributed by atoms with Crippen LogP contribution in [0, 0.1) is 0 Å². The van der Waals surface area contributed by atoms with Crippen LogP contribution in [0.25, 0.3) is 0 Å². The number of hydrogen-bond donors (Lipinski definition) is 0. The number of Topliss-reactive ketones (excluding diaryl/α,β-unsaturated/α-hetero) is 1. The molecule has 3 rings (SSSR count). The molecular weight excluding hydrogens is 460 g/mol. The summed E-state index contributed by atoms with van der Waals surface area (Å²) >= 11 is 3.40. The van der Waals surface area contributed by atoms with Crippen LogP contribution in [0.15, 0.2) is 40.9 Å². The maximum Gasteiger partial charge on any atom is 0.202 e. The Morgan fingerprint density at radius 1 is 0.900 bits per heavy atom. The van der Waals surface area contributed by atoms with Gasteiger partial charge in [0.1, 0.15) is 28.9 Å². The Hall–Kier alpha value is -2.17. The van der Waals surface area contributed by atoms with Crippen molar-refractivity contribution in [1.82, 2.24) is 0 Å². The minimum absolute atomic E-state index is 0.0259. The van der Waals surface area contributed by atoms with Gasteiger partial charge in [0, 0.05) is 37.9 Å². The maximum atomic E-state index is 13.3. The van der Waals surface area contributed by atoms with Crippen molar-refractivity contribution in [2.45, 2.75) is 12.2 Å². The summed E-state index contributed by atoms with van der Waals surface area (Å²) in [7, 11) is 4.49. The van der Waals surface area contributed by atoms with Crippen molar-refractivity contribution >= 4 is 21.7 Å². The molecule has 0 unspecified atom stereocenters. The number of ketones is 1. The highest BCUT2D eigenvalue weighted by atomic mass is 79.9. The molecule has 0 aromatic heterocycles. The molecule has 1 fully saturated rings. The van der Waals surface area contributed by atoms with Crippen LogP contribution < -0.4 is 14.2 Å². The fraction of sp³-hybridized carbons (Fsp3) is 0.381. The first-order valence-corrected chi connectivity index (χ1v) is 9.86. The Morgan fingerprint density at radius 2 is 1.43 bits per heavy atom. The number of epoxide rings is 1. The van der Waals surface area contributed by atoms with E-state index in [1.807, 2.05) is 24.3 Å².